The van der Waals surface area contributed by atoms with Crippen LogP contribution in [0.5, 0.6) is 0 Å². The molecule has 0 fully saturated rings. The molecule has 1 aromatic rings. The van der Waals surface area contributed by atoms with Gasteiger partial charge >= 0.3 is 5.97 Å². The highest BCUT2D eigenvalue weighted by Gasteiger charge is 2.09. The lowest BCUT2D eigenvalue weighted by Gasteiger charge is -2.10. The number of ether oxygens (including phenoxy) is 1. The summed E-state index contributed by atoms with van der Waals surface area (Å²) in [7, 11) is 1.69. The smallest absolute Gasteiger partial charge is 0.305 e. The number of benzene rings is 1. The van der Waals surface area contributed by atoms with E-state index in [4.69, 9.17) is 15.6 Å². The Morgan fingerprint density at radius 2 is 2.06 bits per heavy atom. The summed E-state index contributed by atoms with van der Waals surface area (Å²) in [6.07, 6.45) is 1.91. The quantitative estimate of drug-likeness (QED) is 0.708. The van der Waals surface area contributed by atoms with E-state index in [0.29, 0.717) is 0 Å². The standard InChI is InChI=1S/C13H19NO3/c1-17-8-2-3-10-4-6-11(7-5-10)12(14)9-13(15)16/h4-7,12H,2-3,8-9,14H2,1H3,(H,15,16). The first-order chi connectivity index (χ1) is 8.13. The average Bonchev–Trinajstić information content (AvgIpc) is 2.29. The number of hydrogen-bond donors (Lipinski definition) is 2. The van der Waals surface area contributed by atoms with Crippen LogP contribution in [0.1, 0.15) is 30.0 Å². The van der Waals surface area contributed by atoms with Gasteiger partial charge < -0.3 is 15.6 Å². The van der Waals surface area contributed by atoms with Gasteiger partial charge in [0, 0.05) is 19.8 Å². The Balaban J connectivity index is 2.52. The number of aliphatic carboxylic acids is 1. The first-order valence-electron chi connectivity index (χ1n) is 5.68. The van der Waals surface area contributed by atoms with Crippen LogP contribution in [-0.4, -0.2) is 24.8 Å². The fourth-order valence-corrected chi connectivity index (χ4v) is 1.66. The summed E-state index contributed by atoms with van der Waals surface area (Å²) in [4.78, 5) is 10.5. The van der Waals surface area contributed by atoms with E-state index >= 15 is 0 Å². The molecule has 0 aliphatic heterocycles. The maximum atomic E-state index is 10.5. The van der Waals surface area contributed by atoms with Crippen LogP contribution in [0.4, 0.5) is 0 Å². The summed E-state index contributed by atoms with van der Waals surface area (Å²) in [5.41, 5.74) is 7.85. The van der Waals surface area contributed by atoms with Gasteiger partial charge in [0.05, 0.1) is 6.42 Å². The molecule has 0 aliphatic rings. The van der Waals surface area contributed by atoms with E-state index in [1.54, 1.807) is 7.11 Å². The fraction of sp³-hybridized carbons (Fsp3) is 0.462. The second-order valence-corrected chi connectivity index (χ2v) is 4.04. The van der Waals surface area contributed by atoms with Gasteiger partial charge in [-0.1, -0.05) is 24.3 Å². The van der Waals surface area contributed by atoms with E-state index in [0.717, 1.165) is 25.0 Å². The predicted molar refractivity (Wildman–Crippen MR) is 65.8 cm³/mol. The van der Waals surface area contributed by atoms with Crippen molar-refractivity contribution in [2.45, 2.75) is 25.3 Å². The zero-order valence-electron chi connectivity index (χ0n) is 10.1. The lowest BCUT2D eigenvalue weighted by Crippen LogP contribution is -2.14. The minimum atomic E-state index is -0.873. The van der Waals surface area contributed by atoms with E-state index in [-0.39, 0.29) is 6.42 Å². The number of carboxylic acids is 1. The van der Waals surface area contributed by atoms with Crippen molar-refractivity contribution in [2.24, 2.45) is 5.73 Å². The van der Waals surface area contributed by atoms with Gasteiger partial charge in [-0.05, 0) is 24.0 Å². The Kier molecular flexibility index (Phi) is 5.66. The first kappa shape index (κ1) is 13.7. The van der Waals surface area contributed by atoms with Gasteiger partial charge in [-0.15, -0.1) is 0 Å². The molecule has 4 heteroatoms. The maximum absolute atomic E-state index is 10.5. The normalized spacial score (nSPS) is 12.4. The summed E-state index contributed by atoms with van der Waals surface area (Å²) < 4.78 is 4.98. The minimum Gasteiger partial charge on any atom is -0.481 e. The Labute approximate surface area is 101 Å². The molecular formula is C13H19NO3. The van der Waals surface area contributed by atoms with Crippen LogP contribution in [0, 0.1) is 0 Å². The molecule has 0 heterocycles. The van der Waals surface area contributed by atoms with Gasteiger partial charge in [-0.3, -0.25) is 4.79 Å². The minimum absolute atomic E-state index is 0.0387. The molecule has 0 aromatic heterocycles. The van der Waals surface area contributed by atoms with Gasteiger partial charge in [0.25, 0.3) is 0 Å². The lowest BCUT2D eigenvalue weighted by atomic mass is 10.0. The van der Waals surface area contributed by atoms with E-state index in [2.05, 4.69) is 0 Å². The summed E-state index contributed by atoms with van der Waals surface area (Å²) in [6.45, 7) is 0.750. The number of aryl methyl sites for hydroxylation is 1. The van der Waals surface area contributed by atoms with Crippen LogP contribution < -0.4 is 5.73 Å². The average molecular weight is 237 g/mol. The zero-order valence-corrected chi connectivity index (χ0v) is 10.1. The van der Waals surface area contributed by atoms with E-state index < -0.39 is 12.0 Å². The number of carbonyl (C=O) groups is 1. The molecule has 1 unspecified atom stereocenters. The predicted octanol–water partition coefficient (Wildman–Crippen LogP) is 1.74. The van der Waals surface area contributed by atoms with E-state index in [9.17, 15) is 4.79 Å². The Bertz CT molecular complexity index is 348. The molecule has 0 spiro atoms. The molecule has 4 nitrogen and oxygen atoms in total. The molecule has 0 saturated carbocycles. The summed E-state index contributed by atoms with van der Waals surface area (Å²) in [6, 6.07) is 7.35. The van der Waals surface area contributed by atoms with Gasteiger partial charge in [-0.25, -0.2) is 0 Å². The van der Waals surface area contributed by atoms with Crippen molar-refractivity contribution in [3.63, 3.8) is 0 Å². The molecule has 1 aromatic carbocycles. The third-order valence-electron chi connectivity index (χ3n) is 2.62. The summed E-state index contributed by atoms with van der Waals surface area (Å²) >= 11 is 0. The summed E-state index contributed by atoms with van der Waals surface area (Å²) in [5.74, 6) is -0.873. The Morgan fingerprint density at radius 1 is 1.41 bits per heavy atom. The van der Waals surface area contributed by atoms with Crippen molar-refractivity contribution >= 4 is 5.97 Å². The second-order valence-electron chi connectivity index (χ2n) is 4.04. The third-order valence-corrected chi connectivity index (χ3v) is 2.62. The third kappa shape index (κ3) is 4.97. The van der Waals surface area contributed by atoms with Crippen LogP contribution in [0.15, 0.2) is 24.3 Å². The van der Waals surface area contributed by atoms with E-state index in [1.165, 1.54) is 5.56 Å². The topological polar surface area (TPSA) is 72.5 Å². The molecule has 0 bridgehead atoms. The second kappa shape index (κ2) is 7.04. The highest BCUT2D eigenvalue weighted by atomic mass is 16.5. The van der Waals surface area contributed by atoms with Crippen molar-refractivity contribution in [3.05, 3.63) is 35.4 Å². The van der Waals surface area contributed by atoms with Gasteiger partial charge in [0.1, 0.15) is 0 Å². The molecule has 94 valence electrons. The van der Waals surface area contributed by atoms with Crippen LogP contribution in [0.3, 0.4) is 0 Å². The van der Waals surface area contributed by atoms with Crippen LogP contribution in [-0.2, 0) is 16.0 Å². The van der Waals surface area contributed by atoms with Crippen molar-refractivity contribution in [1.82, 2.24) is 0 Å². The molecule has 0 saturated heterocycles. The van der Waals surface area contributed by atoms with Gasteiger partial charge in [0.15, 0.2) is 0 Å². The maximum Gasteiger partial charge on any atom is 0.305 e. The molecule has 1 rings (SSSR count). The monoisotopic (exact) mass is 237 g/mol. The number of rotatable bonds is 7. The Hall–Kier alpha value is -1.39. The molecule has 0 amide bonds. The van der Waals surface area contributed by atoms with Crippen LogP contribution >= 0.6 is 0 Å². The molecule has 1 atom stereocenters. The van der Waals surface area contributed by atoms with Crippen molar-refractivity contribution < 1.29 is 14.6 Å². The summed E-state index contributed by atoms with van der Waals surface area (Å²) in [5, 5.41) is 8.65. The zero-order chi connectivity index (χ0) is 12.7. The molecule has 0 radical (unpaired) electrons. The van der Waals surface area contributed by atoms with Crippen molar-refractivity contribution in [3.8, 4) is 0 Å². The number of carboxylic acid groups (broad SMARTS) is 1. The number of methoxy groups -OCH3 is 1. The van der Waals surface area contributed by atoms with Crippen molar-refractivity contribution in [1.29, 1.82) is 0 Å². The van der Waals surface area contributed by atoms with Crippen LogP contribution in [0.25, 0.3) is 0 Å². The molecule has 3 N–H and O–H groups in total. The van der Waals surface area contributed by atoms with Gasteiger partial charge in [-0.2, -0.15) is 0 Å². The van der Waals surface area contributed by atoms with Gasteiger partial charge in [0.2, 0.25) is 0 Å². The lowest BCUT2D eigenvalue weighted by molar-refractivity contribution is -0.137. The SMILES string of the molecule is COCCCc1ccc(C(N)CC(=O)O)cc1. The Morgan fingerprint density at radius 3 is 2.59 bits per heavy atom. The fourth-order valence-electron chi connectivity index (χ4n) is 1.66. The van der Waals surface area contributed by atoms with Crippen molar-refractivity contribution in [2.75, 3.05) is 13.7 Å². The first-order valence-corrected chi connectivity index (χ1v) is 5.68. The van der Waals surface area contributed by atoms with Crippen LogP contribution in [0.2, 0.25) is 0 Å². The highest BCUT2D eigenvalue weighted by Crippen LogP contribution is 2.15. The van der Waals surface area contributed by atoms with E-state index in [1.807, 2.05) is 24.3 Å². The largest absolute Gasteiger partial charge is 0.481 e. The molecular weight excluding hydrogens is 218 g/mol. The number of hydrogen-bond acceptors (Lipinski definition) is 3. The highest BCUT2D eigenvalue weighted by molar-refractivity contribution is 5.67. The molecule has 0 aliphatic carbocycles. The number of nitrogens with two attached hydrogens (primary N) is 1. The molecule has 17 heavy (non-hydrogen) atoms.